The number of H-pyrrole nitrogens is 1. The molecular weight excluding hydrogens is 349 g/mol. The molecule has 2 fully saturated rings. The van der Waals surface area contributed by atoms with Gasteiger partial charge in [-0.2, -0.15) is 18.3 Å². The Bertz CT molecular complexity index is 803. The summed E-state index contributed by atoms with van der Waals surface area (Å²) in [6.07, 6.45) is 1.25. The van der Waals surface area contributed by atoms with Gasteiger partial charge in [0.1, 0.15) is 12.3 Å². The first-order valence-electron chi connectivity index (χ1n) is 8.51. The smallest absolute Gasteiger partial charge is 0.451 e. The Morgan fingerprint density at radius 2 is 2.12 bits per heavy atom. The largest absolute Gasteiger partial charge is 0.461 e. The molecular formula is C17H17F3N4O2. The minimum atomic E-state index is -4.58. The Labute approximate surface area is 147 Å². The summed E-state index contributed by atoms with van der Waals surface area (Å²) in [5.74, 6) is -0.330. The lowest BCUT2D eigenvalue weighted by atomic mass is 9.89. The van der Waals surface area contributed by atoms with Crippen molar-refractivity contribution in [2.45, 2.75) is 38.5 Å². The van der Waals surface area contributed by atoms with Crippen LogP contribution in [0, 0.1) is 17.8 Å². The van der Waals surface area contributed by atoms with Gasteiger partial charge in [-0.25, -0.2) is 4.98 Å². The molecule has 0 unspecified atom stereocenters. The molecule has 3 atom stereocenters. The Kier molecular flexibility index (Phi) is 4.16. The topological polar surface area (TPSA) is 80.8 Å². The lowest BCUT2D eigenvalue weighted by Gasteiger charge is -2.19. The van der Waals surface area contributed by atoms with Crippen LogP contribution in [0.15, 0.2) is 18.3 Å². The van der Waals surface area contributed by atoms with Crippen LogP contribution in [0.5, 0.6) is 0 Å². The number of hydrogen-bond acceptors (Lipinski definition) is 5. The summed E-state index contributed by atoms with van der Waals surface area (Å²) in [6.45, 7) is 0.0990. The lowest BCUT2D eigenvalue weighted by molar-refractivity contribution is -0.151. The van der Waals surface area contributed by atoms with Gasteiger partial charge in [0.2, 0.25) is 5.82 Å². The van der Waals surface area contributed by atoms with E-state index in [1.54, 1.807) is 6.07 Å². The molecule has 138 valence electrons. The van der Waals surface area contributed by atoms with Crippen LogP contribution in [-0.4, -0.2) is 26.1 Å². The summed E-state index contributed by atoms with van der Waals surface area (Å²) in [5.41, 5.74) is 0.872. The maximum Gasteiger partial charge on any atom is 0.451 e. The molecule has 6 nitrogen and oxygen atoms in total. The van der Waals surface area contributed by atoms with Crippen molar-refractivity contribution < 1.29 is 22.7 Å². The molecule has 0 aliphatic heterocycles. The lowest BCUT2D eigenvalue weighted by Crippen LogP contribution is -2.23. The number of ether oxygens (including phenoxy) is 1. The summed E-state index contributed by atoms with van der Waals surface area (Å²) in [7, 11) is 0. The zero-order valence-corrected chi connectivity index (χ0v) is 13.8. The highest BCUT2D eigenvalue weighted by Gasteiger charge is 2.43. The number of aromatic nitrogens is 4. The minimum absolute atomic E-state index is 0.00929. The van der Waals surface area contributed by atoms with Gasteiger partial charge in [-0.05, 0) is 37.2 Å². The van der Waals surface area contributed by atoms with Crippen molar-refractivity contribution in [1.82, 2.24) is 20.2 Å². The third-order valence-electron chi connectivity index (χ3n) is 5.23. The molecule has 9 heteroatoms. The van der Waals surface area contributed by atoms with Gasteiger partial charge in [0.25, 0.3) is 0 Å². The van der Waals surface area contributed by atoms with E-state index in [0.717, 1.165) is 19.3 Å². The summed E-state index contributed by atoms with van der Waals surface area (Å²) in [5, 5.41) is 5.37. The number of halogens is 3. The molecule has 0 spiro atoms. The number of nitrogens with one attached hydrogen (secondary N) is 1. The third-order valence-corrected chi connectivity index (χ3v) is 5.23. The molecule has 2 aromatic heterocycles. The summed E-state index contributed by atoms with van der Waals surface area (Å²) in [6, 6.07) is 3.14. The predicted octanol–water partition coefficient (Wildman–Crippen LogP) is 3.36. The van der Waals surface area contributed by atoms with Gasteiger partial charge < -0.3 is 4.74 Å². The number of carbonyl (C=O) groups excluding carboxylic acids is 1. The molecule has 1 N–H and O–H groups in total. The van der Waals surface area contributed by atoms with Crippen molar-refractivity contribution in [3.8, 4) is 11.5 Å². The zero-order chi connectivity index (χ0) is 18.3. The van der Waals surface area contributed by atoms with Crippen LogP contribution in [0.1, 0.15) is 37.1 Å². The molecule has 2 aliphatic carbocycles. The molecule has 2 saturated carbocycles. The van der Waals surface area contributed by atoms with E-state index in [9.17, 15) is 18.0 Å². The third kappa shape index (κ3) is 3.30. The van der Waals surface area contributed by atoms with Gasteiger partial charge in [-0.3, -0.25) is 14.9 Å². The van der Waals surface area contributed by atoms with Gasteiger partial charge in [0.05, 0.1) is 5.92 Å². The molecule has 0 saturated heterocycles. The zero-order valence-electron chi connectivity index (χ0n) is 13.8. The molecule has 26 heavy (non-hydrogen) atoms. The van der Waals surface area contributed by atoms with E-state index in [1.807, 2.05) is 5.10 Å². The fourth-order valence-electron chi connectivity index (χ4n) is 3.94. The van der Waals surface area contributed by atoms with Crippen molar-refractivity contribution in [1.29, 1.82) is 0 Å². The normalized spacial score (nSPS) is 24.8. The second-order valence-corrected chi connectivity index (χ2v) is 6.95. The van der Waals surface area contributed by atoms with Crippen LogP contribution in [0.2, 0.25) is 0 Å². The quantitative estimate of drug-likeness (QED) is 0.839. The van der Waals surface area contributed by atoms with Gasteiger partial charge in [-0.15, -0.1) is 0 Å². The number of esters is 1. The molecule has 4 rings (SSSR count). The Balaban J connectivity index is 1.36. The van der Waals surface area contributed by atoms with Crippen LogP contribution in [0.3, 0.4) is 0 Å². The minimum Gasteiger partial charge on any atom is -0.461 e. The first-order chi connectivity index (χ1) is 12.4. The highest BCUT2D eigenvalue weighted by molar-refractivity contribution is 5.73. The summed E-state index contributed by atoms with van der Waals surface area (Å²) >= 11 is 0. The van der Waals surface area contributed by atoms with E-state index in [2.05, 4.69) is 15.1 Å². The van der Waals surface area contributed by atoms with Gasteiger partial charge in [0, 0.05) is 11.8 Å². The van der Waals surface area contributed by atoms with E-state index >= 15 is 0 Å². The Morgan fingerprint density at radius 1 is 1.27 bits per heavy atom. The standard InChI is InChI=1S/C17H17F3N4O2/c18-17(19,20)16-22-14(23-24-16)13-4-2-10(7-21-13)8-26-15(25)12-6-9-1-3-11(12)5-9/h2,4,7,9,11-12H,1,3,5-6,8H2,(H,22,23,24)/t9-,11+,12+/m1/s1. The van der Waals surface area contributed by atoms with Crippen molar-refractivity contribution >= 4 is 5.97 Å². The van der Waals surface area contributed by atoms with Crippen molar-refractivity contribution in [2.24, 2.45) is 17.8 Å². The number of nitrogens with zero attached hydrogens (tertiary/aromatic N) is 3. The Hall–Kier alpha value is -2.45. The highest BCUT2D eigenvalue weighted by atomic mass is 19.4. The number of carbonyl (C=O) groups is 1. The maximum absolute atomic E-state index is 12.5. The maximum atomic E-state index is 12.5. The van der Waals surface area contributed by atoms with Gasteiger partial charge in [-0.1, -0.05) is 12.5 Å². The van der Waals surface area contributed by atoms with E-state index in [4.69, 9.17) is 4.74 Å². The number of rotatable bonds is 4. The van der Waals surface area contributed by atoms with E-state index in [1.165, 1.54) is 18.7 Å². The fraction of sp³-hybridized carbons (Fsp3) is 0.529. The van der Waals surface area contributed by atoms with Crippen LogP contribution < -0.4 is 0 Å². The highest BCUT2D eigenvalue weighted by Crippen LogP contribution is 2.48. The number of hydrogen-bond donors (Lipinski definition) is 1. The number of alkyl halides is 3. The summed E-state index contributed by atoms with van der Waals surface area (Å²) < 4.78 is 43.0. The van der Waals surface area contributed by atoms with Gasteiger partial charge in [0.15, 0.2) is 5.82 Å². The Morgan fingerprint density at radius 3 is 2.69 bits per heavy atom. The number of fused-ring (bicyclic) bond motifs is 2. The first-order valence-corrected chi connectivity index (χ1v) is 8.51. The average molecular weight is 366 g/mol. The molecule has 2 bridgehead atoms. The molecule has 2 heterocycles. The average Bonchev–Trinajstić information content (AvgIpc) is 3.35. The van der Waals surface area contributed by atoms with Crippen molar-refractivity contribution in [3.05, 3.63) is 29.7 Å². The second-order valence-electron chi connectivity index (χ2n) is 6.95. The van der Waals surface area contributed by atoms with Crippen molar-refractivity contribution in [2.75, 3.05) is 0 Å². The van der Waals surface area contributed by atoms with E-state index < -0.39 is 12.0 Å². The van der Waals surface area contributed by atoms with Gasteiger partial charge >= 0.3 is 12.1 Å². The summed E-state index contributed by atoms with van der Waals surface area (Å²) in [4.78, 5) is 19.7. The molecule has 0 amide bonds. The van der Waals surface area contributed by atoms with Crippen LogP contribution >= 0.6 is 0 Å². The fourth-order valence-corrected chi connectivity index (χ4v) is 3.94. The first kappa shape index (κ1) is 17.0. The molecule has 2 aromatic rings. The number of pyridine rings is 1. The monoisotopic (exact) mass is 366 g/mol. The molecule has 0 radical (unpaired) electrons. The van der Waals surface area contributed by atoms with Crippen LogP contribution in [0.25, 0.3) is 11.5 Å². The molecule has 0 aromatic carbocycles. The van der Waals surface area contributed by atoms with Crippen LogP contribution in [0.4, 0.5) is 13.2 Å². The van der Waals surface area contributed by atoms with Crippen LogP contribution in [-0.2, 0) is 22.3 Å². The predicted molar refractivity (Wildman–Crippen MR) is 83.3 cm³/mol. The molecule has 2 aliphatic rings. The second kappa shape index (κ2) is 6.37. The van der Waals surface area contributed by atoms with E-state index in [0.29, 0.717) is 17.4 Å². The van der Waals surface area contributed by atoms with Crippen molar-refractivity contribution in [3.63, 3.8) is 0 Å². The SMILES string of the molecule is O=C(OCc1ccc(-c2n[nH]c(C(F)(F)F)n2)nc1)[C@H]1C[C@@H]2CC[C@H]1C2. The van der Waals surface area contributed by atoms with E-state index in [-0.39, 0.29) is 30.0 Å². The number of aromatic amines is 1.